The highest BCUT2D eigenvalue weighted by Gasteiger charge is 2.42. The van der Waals surface area contributed by atoms with Crippen molar-refractivity contribution in [1.82, 2.24) is 4.57 Å². The summed E-state index contributed by atoms with van der Waals surface area (Å²) in [7, 11) is 0. The van der Waals surface area contributed by atoms with Crippen LogP contribution in [-0.4, -0.2) is 10.4 Å². The number of carbonyl (C=O) groups excluding carboxylic acids is 1. The number of aromatic nitrogens is 1. The van der Waals surface area contributed by atoms with E-state index in [9.17, 15) is 0 Å². The van der Waals surface area contributed by atoms with Gasteiger partial charge in [-0.15, -0.1) is 0 Å². The summed E-state index contributed by atoms with van der Waals surface area (Å²) in [5, 5.41) is 1.76. The van der Waals surface area contributed by atoms with E-state index in [2.05, 4.69) is 100 Å². The molecule has 47 heavy (non-hydrogen) atoms. The number of rotatable bonds is 7. The molecule has 0 aliphatic carbocycles. The smallest absolute Gasteiger partial charge is 0.210 e. The van der Waals surface area contributed by atoms with Crippen molar-refractivity contribution >= 4 is 39.5 Å². The van der Waals surface area contributed by atoms with Gasteiger partial charge in [0.25, 0.3) is 0 Å². The molecule has 226 valence electrons. The Labute approximate surface area is 279 Å². The van der Waals surface area contributed by atoms with E-state index in [4.69, 9.17) is 11.6 Å². The lowest BCUT2D eigenvalue weighted by Gasteiger charge is -2.41. The van der Waals surface area contributed by atoms with E-state index >= 15 is 4.79 Å². The molecule has 0 spiro atoms. The van der Waals surface area contributed by atoms with E-state index in [0.29, 0.717) is 22.8 Å². The lowest BCUT2D eigenvalue weighted by atomic mass is 9.82. The van der Waals surface area contributed by atoms with E-state index in [1.165, 1.54) is 5.56 Å². The number of Topliss-reactive ketones (excluding diaryl/α,β-unsaturated/α-hetero) is 1. The number of carbonyl (C=O) groups is 1. The van der Waals surface area contributed by atoms with Crippen LogP contribution in [0.5, 0.6) is 0 Å². The minimum absolute atomic E-state index is 0.0362. The first-order valence-electron chi connectivity index (χ1n) is 15.8. The second-order valence-electron chi connectivity index (χ2n) is 11.8. The van der Waals surface area contributed by atoms with Crippen LogP contribution in [0.15, 0.2) is 176 Å². The molecule has 1 unspecified atom stereocenters. The fourth-order valence-corrected chi connectivity index (χ4v) is 7.08. The Morgan fingerprint density at radius 1 is 0.617 bits per heavy atom. The number of ketones is 1. The van der Waals surface area contributed by atoms with E-state index in [1.807, 2.05) is 78.9 Å². The van der Waals surface area contributed by atoms with E-state index in [1.54, 1.807) is 0 Å². The van der Waals surface area contributed by atoms with Crippen LogP contribution in [0.1, 0.15) is 44.3 Å². The molecule has 1 aromatic heterocycles. The van der Waals surface area contributed by atoms with Gasteiger partial charge in [0.05, 0.1) is 11.4 Å². The summed E-state index contributed by atoms with van der Waals surface area (Å²) in [6, 6.07) is 57.2. The number of allylic oxidation sites excluding steroid dienone is 1. The Kier molecular flexibility index (Phi) is 7.53. The van der Waals surface area contributed by atoms with Gasteiger partial charge in [0.15, 0.2) is 0 Å². The zero-order chi connectivity index (χ0) is 31.7. The quantitative estimate of drug-likeness (QED) is 0.164. The molecular weight excluding hydrogens is 596 g/mol. The summed E-state index contributed by atoms with van der Waals surface area (Å²) in [5.74, 6) is -0.0362. The summed E-state index contributed by atoms with van der Waals surface area (Å²) in [5.41, 5.74) is 9.70. The van der Waals surface area contributed by atoms with Crippen LogP contribution in [-0.2, 0) is 6.54 Å². The SMILES string of the molecule is O=C(C1=C(c2ccccc2)c2c(n(Cc3ccccc3)c3ccccc23)C(c2ccccc2)N1c1ccc(Cl)cc1)c1ccccc1. The first-order valence-corrected chi connectivity index (χ1v) is 16.2. The van der Waals surface area contributed by atoms with Gasteiger partial charge in [-0.2, -0.15) is 0 Å². The summed E-state index contributed by atoms with van der Waals surface area (Å²) < 4.78 is 2.45. The normalized spacial score (nSPS) is 14.3. The Morgan fingerprint density at radius 2 is 1.19 bits per heavy atom. The molecule has 1 atom stereocenters. The van der Waals surface area contributed by atoms with Crippen molar-refractivity contribution in [3.8, 4) is 0 Å². The van der Waals surface area contributed by atoms with Crippen molar-refractivity contribution in [1.29, 1.82) is 0 Å². The van der Waals surface area contributed by atoms with E-state index in [-0.39, 0.29) is 11.8 Å². The number of fused-ring (bicyclic) bond motifs is 3. The van der Waals surface area contributed by atoms with Gasteiger partial charge in [0.2, 0.25) is 5.78 Å². The van der Waals surface area contributed by atoms with Gasteiger partial charge in [-0.1, -0.05) is 151 Å². The molecular formula is C43H31ClN2O. The van der Waals surface area contributed by atoms with Crippen LogP contribution in [0.4, 0.5) is 5.69 Å². The standard InChI is InChI=1S/C43H31ClN2O/c44-34-25-27-35(28-26-34)46-40(32-19-9-3-10-20-32)41-39(36-23-13-14-24-37(36)45(41)29-30-15-5-1-6-16-30)38(31-17-7-2-8-18-31)42(46)43(47)33-21-11-4-12-22-33/h1-28,40H,29H2. The molecule has 3 nitrogen and oxygen atoms in total. The van der Waals surface area contributed by atoms with Gasteiger partial charge < -0.3 is 9.47 Å². The first kappa shape index (κ1) is 28.8. The minimum Gasteiger partial charge on any atom is -0.337 e. The second kappa shape index (κ2) is 12.3. The molecule has 4 heteroatoms. The Bertz CT molecular complexity index is 2220. The van der Waals surface area contributed by atoms with Crippen molar-refractivity contribution < 1.29 is 4.79 Å². The van der Waals surface area contributed by atoms with Crippen LogP contribution >= 0.6 is 11.6 Å². The summed E-state index contributed by atoms with van der Waals surface area (Å²) >= 11 is 6.47. The third kappa shape index (κ3) is 5.15. The maximum atomic E-state index is 15.1. The minimum atomic E-state index is -0.321. The van der Waals surface area contributed by atoms with E-state index in [0.717, 1.165) is 44.5 Å². The molecule has 0 N–H and O–H groups in total. The third-order valence-electron chi connectivity index (χ3n) is 8.97. The topological polar surface area (TPSA) is 25.2 Å². The maximum absolute atomic E-state index is 15.1. The van der Waals surface area contributed by atoms with Gasteiger partial charge in [0, 0.05) is 44.9 Å². The Morgan fingerprint density at radius 3 is 1.87 bits per heavy atom. The van der Waals surface area contributed by atoms with Gasteiger partial charge >= 0.3 is 0 Å². The summed E-state index contributed by atoms with van der Waals surface area (Å²) in [6.07, 6.45) is 0. The molecule has 0 amide bonds. The largest absolute Gasteiger partial charge is 0.337 e. The molecule has 2 heterocycles. The maximum Gasteiger partial charge on any atom is 0.210 e. The van der Waals surface area contributed by atoms with Gasteiger partial charge in [-0.25, -0.2) is 0 Å². The molecule has 1 aliphatic heterocycles. The number of hydrogen-bond acceptors (Lipinski definition) is 2. The summed E-state index contributed by atoms with van der Waals surface area (Å²) in [6.45, 7) is 0.679. The average Bonchev–Trinajstić information content (AvgIpc) is 3.45. The molecule has 1 aliphatic rings. The lowest BCUT2D eigenvalue weighted by Crippen LogP contribution is -2.38. The number of hydrogen-bond donors (Lipinski definition) is 0. The highest BCUT2D eigenvalue weighted by Crippen LogP contribution is 2.51. The number of anilines is 1. The van der Waals surface area contributed by atoms with Crippen LogP contribution in [0, 0.1) is 0 Å². The Hall–Kier alpha value is -5.64. The third-order valence-corrected chi connectivity index (χ3v) is 9.23. The van der Waals surface area contributed by atoms with Crippen molar-refractivity contribution in [3.63, 3.8) is 0 Å². The van der Waals surface area contributed by atoms with Crippen molar-refractivity contribution in [2.24, 2.45) is 0 Å². The van der Waals surface area contributed by atoms with Crippen LogP contribution in [0.3, 0.4) is 0 Å². The number of benzene rings is 6. The average molecular weight is 627 g/mol. The van der Waals surface area contributed by atoms with Crippen molar-refractivity contribution in [2.45, 2.75) is 12.6 Å². The van der Waals surface area contributed by atoms with Crippen molar-refractivity contribution in [3.05, 3.63) is 214 Å². The fourth-order valence-electron chi connectivity index (χ4n) is 6.95. The monoisotopic (exact) mass is 626 g/mol. The fraction of sp³-hybridized carbons (Fsp3) is 0.0465. The number of nitrogens with zero attached hydrogens (tertiary/aromatic N) is 2. The predicted molar refractivity (Wildman–Crippen MR) is 193 cm³/mol. The number of para-hydroxylation sites is 1. The van der Waals surface area contributed by atoms with Crippen LogP contribution in [0.2, 0.25) is 5.02 Å². The van der Waals surface area contributed by atoms with E-state index < -0.39 is 0 Å². The first-order chi connectivity index (χ1) is 23.2. The van der Waals surface area contributed by atoms with Crippen molar-refractivity contribution in [2.75, 3.05) is 4.90 Å². The highest BCUT2D eigenvalue weighted by molar-refractivity contribution is 6.30. The van der Waals surface area contributed by atoms with Gasteiger partial charge in [-0.3, -0.25) is 4.79 Å². The van der Waals surface area contributed by atoms with Gasteiger partial charge in [-0.05, 0) is 47.0 Å². The molecule has 8 rings (SSSR count). The summed E-state index contributed by atoms with van der Waals surface area (Å²) in [4.78, 5) is 17.4. The second-order valence-corrected chi connectivity index (χ2v) is 12.2. The highest BCUT2D eigenvalue weighted by atomic mass is 35.5. The molecule has 6 aromatic carbocycles. The molecule has 0 fully saturated rings. The molecule has 0 radical (unpaired) electrons. The molecule has 0 saturated heterocycles. The van der Waals surface area contributed by atoms with Crippen LogP contribution in [0.25, 0.3) is 16.5 Å². The van der Waals surface area contributed by atoms with Gasteiger partial charge in [0.1, 0.15) is 6.04 Å². The zero-order valence-corrected chi connectivity index (χ0v) is 26.4. The Balaban J connectivity index is 1.56. The molecule has 0 bridgehead atoms. The lowest BCUT2D eigenvalue weighted by molar-refractivity contribution is 0.103. The molecule has 7 aromatic rings. The van der Waals surface area contributed by atoms with Crippen LogP contribution < -0.4 is 4.90 Å². The predicted octanol–water partition coefficient (Wildman–Crippen LogP) is 10.6. The zero-order valence-electron chi connectivity index (χ0n) is 25.6. The molecule has 0 saturated carbocycles. The number of halogens is 1.